The topological polar surface area (TPSA) is 24.9 Å². The van der Waals surface area contributed by atoms with Crippen molar-refractivity contribution in [1.29, 1.82) is 0 Å². The first-order chi connectivity index (χ1) is 9.78. The fourth-order valence-electron chi connectivity index (χ4n) is 2.22. The molecule has 3 heteroatoms. The van der Waals surface area contributed by atoms with Crippen molar-refractivity contribution in [2.45, 2.75) is 51.6 Å². The van der Waals surface area contributed by atoms with Gasteiger partial charge in [-0.2, -0.15) is 0 Å². The molecule has 1 N–H and O–H groups in total. The van der Waals surface area contributed by atoms with E-state index >= 15 is 0 Å². The van der Waals surface area contributed by atoms with Crippen LogP contribution in [0.2, 0.25) is 0 Å². The highest BCUT2D eigenvalue weighted by molar-refractivity contribution is 7.12. The van der Waals surface area contributed by atoms with Gasteiger partial charge in [0, 0.05) is 28.9 Å². The van der Waals surface area contributed by atoms with Gasteiger partial charge in [-0.25, -0.2) is 4.98 Å². The van der Waals surface area contributed by atoms with E-state index in [1.165, 1.54) is 34.0 Å². The van der Waals surface area contributed by atoms with Gasteiger partial charge in [-0.05, 0) is 19.3 Å². The summed E-state index contributed by atoms with van der Waals surface area (Å²) < 4.78 is 0. The molecule has 1 aliphatic rings. The SMILES string of the molecule is CCC(C)c1nc(-c2ccccc2)c(CNC2CC2)s1. The number of nitrogens with zero attached hydrogens (tertiary/aromatic N) is 1. The molecule has 0 aliphatic heterocycles. The molecule has 1 fully saturated rings. The van der Waals surface area contributed by atoms with Gasteiger partial charge in [0.05, 0.1) is 10.7 Å². The second kappa shape index (κ2) is 6.06. The number of hydrogen-bond donors (Lipinski definition) is 1. The molecule has 0 spiro atoms. The lowest BCUT2D eigenvalue weighted by molar-refractivity contribution is 0.695. The molecule has 0 saturated heterocycles. The molecule has 2 aromatic rings. The van der Waals surface area contributed by atoms with Crippen LogP contribution in [-0.4, -0.2) is 11.0 Å². The van der Waals surface area contributed by atoms with Gasteiger partial charge in [0.25, 0.3) is 0 Å². The van der Waals surface area contributed by atoms with Crippen molar-refractivity contribution in [3.8, 4) is 11.3 Å². The van der Waals surface area contributed by atoms with Crippen LogP contribution in [0, 0.1) is 0 Å². The van der Waals surface area contributed by atoms with Gasteiger partial charge in [-0.15, -0.1) is 11.3 Å². The smallest absolute Gasteiger partial charge is 0.0964 e. The first-order valence-electron chi connectivity index (χ1n) is 7.56. The van der Waals surface area contributed by atoms with Crippen LogP contribution in [0.25, 0.3) is 11.3 Å². The highest BCUT2D eigenvalue weighted by Gasteiger charge is 2.22. The Bertz CT molecular complexity index is 558. The van der Waals surface area contributed by atoms with Gasteiger partial charge in [0.15, 0.2) is 0 Å². The summed E-state index contributed by atoms with van der Waals surface area (Å²) in [5.74, 6) is 0.553. The predicted octanol–water partition coefficient (Wildman–Crippen LogP) is 4.58. The third-order valence-corrected chi connectivity index (χ3v) is 5.21. The van der Waals surface area contributed by atoms with Crippen molar-refractivity contribution in [3.63, 3.8) is 0 Å². The lowest BCUT2D eigenvalue weighted by Gasteiger charge is -2.03. The Labute approximate surface area is 125 Å². The number of aromatic nitrogens is 1. The zero-order valence-corrected chi connectivity index (χ0v) is 13.0. The van der Waals surface area contributed by atoms with Crippen molar-refractivity contribution < 1.29 is 0 Å². The van der Waals surface area contributed by atoms with Gasteiger partial charge in [0.2, 0.25) is 0 Å². The van der Waals surface area contributed by atoms with Crippen LogP contribution in [0.3, 0.4) is 0 Å². The maximum Gasteiger partial charge on any atom is 0.0964 e. The highest BCUT2D eigenvalue weighted by Crippen LogP contribution is 2.33. The number of benzene rings is 1. The lowest BCUT2D eigenvalue weighted by atomic mass is 10.1. The fraction of sp³-hybridized carbons (Fsp3) is 0.471. The number of rotatable bonds is 6. The molecule has 106 valence electrons. The van der Waals surface area contributed by atoms with Gasteiger partial charge < -0.3 is 5.32 Å². The Kier molecular flexibility index (Phi) is 4.18. The van der Waals surface area contributed by atoms with E-state index in [2.05, 4.69) is 49.5 Å². The standard InChI is InChI=1S/C17H22N2S/c1-3-12(2)17-19-16(13-7-5-4-6-8-13)15(20-17)11-18-14-9-10-14/h4-8,12,14,18H,3,9-11H2,1-2H3. The minimum Gasteiger partial charge on any atom is -0.309 e. The zero-order chi connectivity index (χ0) is 13.9. The summed E-state index contributed by atoms with van der Waals surface area (Å²) >= 11 is 1.88. The van der Waals surface area contributed by atoms with E-state index in [4.69, 9.17) is 4.98 Å². The minimum absolute atomic E-state index is 0.553. The average molecular weight is 286 g/mol. The normalized spacial score (nSPS) is 16.3. The highest BCUT2D eigenvalue weighted by atomic mass is 32.1. The van der Waals surface area contributed by atoms with E-state index in [0.29, 0.717) is 5.92 Å². The summed E-state index contributed by atoms with van der Waals surface area (Å²) in [6.07, 6.45) is 3.81. The first kappa shape index (κ1) is 13.8. The molecule has 2 nitrogen and oxygen atoms in total. The Morgan fingerprint density at radius 3 is 2.70 bits per heavy atom. The lowest BCUT2D eigenvalue weighted by Crippen LogP contribution is -2.14. The largest absolute Gasteiger partial charge is 0.309 e. The van der Waals surface area contributed by atoms with Crippen LogP contribution < -0.4 is 5.32 Å². The number of nitrogens with one attached hydrogen (secondary N) is 1. The van der Waals surface area contributed by atoms with Crippen LogP contribution in [0.15, 0.2) is 30.3 Å². The summed E-state index contributed by atoms with van der Waals surface area (Å²) in [5, 5.41) is 4.90. The molecule has 0 bridgehead atoms. The van der Waals surface area contributed by atoms with Crippen molar-refractivity contribution in [3.05, 3.63) is 40.2 Å². The van der Waals surface area contributed by atoms with Crippen molar-refractivity contribution in [1.82, 2.24) is 10.3 Å². The van der Waals surface area contributed by atoms with Crippen molar-refractivity contribution in [2.75, 3.05) is 0 Å². The Morgan fingerprint density at radius 2 is 2.05 bits per heavy atom. The molecule has 20 heavy (non-hydrogen) atoms. The van der Waals surface area contributed by atoms with Crippen LogP contribution >= 0.6 is 11.3 Å². The predicted molar refractivity (Wildman–Crippen MR) is 86.1 cm³/mol. The first-order valence-corrected chi connectivity index (χ1v) is 8.38. The third kappa shape index (κ3) is 3.10. The molecule has 1 aliphatic carbocycles. The molecule has 1 heterocycles. The van der Waals surface area contributed by atoms with E-state index in [0.717, 1.165) is 19.0 Å². The molecule has 1 unspecified atom stereocenters. The summed E-state index contributed by atoms with van der Waals surface area (Å²) in [7, 11) is 0. The van der Waals surface area contributed by atoms with Crippen molar-refractivity contribution in [2.24, 2.45) is 0 Å². The van der Waals surface area contributed by atoms with E-state index < -0.39 is 0 Å². The second-order valence-corrected chi connectivity index (χ2v) is 6.77. The molecule has 1 aromatic heterocycles. The zero-order valence-electron chi connectivity index (χ0n) is 12.2. The third-order valence-electron chi connectivity index (χ3n) is 3.92. The summed E-state index contributed by atoms with van der Waals surface area (Å²) in [4.78, 5) is 6.32. The summed E-state index contributed by atoms with van der Waals surface area (Å²) in [5.41, 5.74) is 2.42. The number of thiazole rings is 1. The molecule has 3 rings (SSSR count). The fourth-order valence-corrected chi connectivity index (χ4v) is 3.39. The Morgan fingerprint density at radius 1 is 1.30 bits per heavy atom. The molecule has 1 aromatic carbocycles. The van der Waals surface area contributed by atoms with E-state index in [-0.39, 0.29) is 0 Å². The second-order valence-electron chi connectivity index (χ2n) is 5.65. The van der Waals surface area contributed by atoms with Crippen LogP contribution in [-0.2, 0) is 6.54 Å². The van der Waals surface area contributed by atoms with Crippen LogP contribution in [0.5, 0.6) is 0 Å². The molecular weight excluding hydrogens is 264 g/mol. The van der Waals surface area contributed by atoms with E-state index in [9.17, 15) is 0 Å². The van der Waals surface area contributed by atoms with E-state index in [1.54, 1.807) is 0 Å². The molecule has 0 amide bonds. The van der Waals surface area contributed by atoms with Gasteiger partial charge in [0.1, 0.15) is 0 Å². The van der Waals surface area contributed by atoms with E-state index in [1.807, 2.05) is 11.3 Å². The Balaban J connectivity index is 1.90. The molecular formula is C17H22N2S. The maximum atomic E-state index is 4.93. The minimum atomic E-state index is 0.553. The summed E-state index contributed by atoms with van der Waals surface area (Å²) in [6.45, 7) is 5.46. The van der Waals surface area contributed by atoms with Crippen LogP contribution in [0.1, 0.15) is 48.9 Å². The molecule has 0 radical (unpaired) electrons. The number of hydrogen-bond acceptors (Lipinski definition) is 3. The average Bonchev–Trinajstić information content (AvgIpc) is 3.23. The van der Waals surface area contributed by atoms with Gasteiger partial charge >= 0.3 is 0 Å². The Hall–Kier alpha value is -1.19. The quantitative estimate of drug-likeness (QED) is 0.841. The van der Waals surface area contributed by atoms with Crippen LogP contribution in [0.4, 0.5) is 0 Å². The molecule has 1 atom stereocenters. The van der Waals surface area contributed by atoms with Crippen molar-refractivity contribution >= 4 is 11.3 Å². The maximum absolute atomic E-state index is 4.93. The monoisotopic (exact) mass is 286 g/mol. The van der Waals surface area contributed by atoms with Gasteiger partial charge in [-0.3, -0.25) is 0 Å². The summed E-state index contributed by atoms with van der Waals surface area (Å²) in [6, 6.07) is 11.3. The van der Waals surface area contributed by atoms with Gasteiger partial charge in [-0.1, -0.05) is 44.2 Å². The molecule has 1 saturated carbocycles.